The lowest BCUT2D eigenvalue weighted by molar-refractivity contribution is -0.171. The molecule has 0 saturated carbocycles. The Morgan fingerprint density at radius 1 is 0.531 bits per heavy atom. The molecule has 190 valence electrons. The average molecular weight is 455 g/mol. The fraction of sp³-hybridized carbons (Fsp3) is 0.929. The monoisotopic (exact) mass is 454 g/mol. The molecule has 0 atom stereocenters. The lowest BCUT2D eigenvalue weighted by atomic mass is 9.93. The highest BCUT2D eigenvalue weighted by Gasteiger charge is 2.39. The van der Waals surface area contributed by atoms with Crippen molar-refractivity contribution in [3.63, 3.8) is 0 Å². The third-order valence-corrected chi connectivity index (χ3v) is 5.89. The van der Waals surface area contributed by atoms with E-state index in [0.29, 0.717) is 13.2 Å². The minimum atomic E-state index is -1.25. The van der Waals surface area contributed by atoms with Gasteiger partial charge in [-0.25, -0.2) is 0 Å². The van der Waals surface area contributed by atoms with E-state index in [1.807, 2.05) is 20.8 Å². The summed E-state index contributed by atoms with van der Waals surface area (Å²) in [6.45, 7) is 12.1. The van der Waals surface area contributed by atoms with E-state index >= 15 is 0 Å². The second kappa shape index (κ2) is 18.4. The van der Waals surface area contributed by atoms with Gasteiger partial charge in [0.25, 0.3) is 0 Å². The molecule has 4 nitrogen and oxygen atoms in total. The Kier molecular flexibility index (Phi) is 17.8. The molecular formula is C28H54O4. The van der Waals surface area contributed by atoms with Crippen molar-refractivity contribution in [1.29, 1.82) is 0 Å². The summed E-state index contributed by atoms with van der Waals surface area (Å²) in [5.74, 6) is -0.998. The van der Waals surface area contributed by atoms with Gasteiger partial charge in [-0.15, -0.1) is 0 Å². The molecule has 4 heteroatoms. The normalized spacial score (nSPS) is 12.1. The second-order valence-corrected chi connectivity index (χ2v) is 11.2. The van der Waals surface area contributed by atoms with Gasteiger partial charge >= 0.3 is 11.9 Å². The van der Waals surface area contributed by atoms with Gasteiger partial charge in [-0.05, 0) is 25.7 Å². The Bertz CT molecular complexity index is 476. The molecule has 0 N–H and O–H groups in total. The van der Waals surface area contributed by atoms with Crippen LogP contribution < -0.4 is 0 Å². The molecule has 0 unspecified atom stereocenters. The van der Waals surface area contributed by atoms with E-state index in [0.717, 1.165) is 12.8 Å². The van der Waals surface area contributed by atoms with Crippen LogP contribution >= 0.6 is 0 Å². The Morgan fingerprint density at radius 2 is 0.875 bits per heavy atom. The van der Waals surface area contributed by atoms with Crippen LogP contribution in [0, 0.1) is 10.8 Å². The molecular weight excluding hydrogens is 400 g/mol. The first kappa shape index (κ1) is 30.9. The van der Waals surface area contributed by atoms with Gasteiger partial charge in [0.05, 0.1) is 13.2 Å². The highest BCUT2D eigenvalue weighted by Crippen LogP contribution is 2.22. The number of hydrogen-bond acceptors (Lipinski definition) is 4. The van der Waals surface area contributed by atoms with Crippen molar-refractivity contribution in [2.24, 2.45) is 10.8 Å². The molecule has 0 bridgehead atoms. The van der Waals surface area contributed by atoms with E-state index in [-0.39, 0.29) is 5.41 Å². The Balaban J connectivity index is 3.54. The molecule has 0 aromatic heterocycles. The first-order valence-electron chi connectivity index (χ1n) is 13.5. The number of rotatable bonds is 20. The number of esters is 2. The molecule has 0 rings (SSSR count). The highest BCUT2D eigenvalue weighted by atomic mass is 16.6. The van der Waals surface area contributed by atoms with Crippen LogP contribution in [0.15, 0.2) is 0 Å². The Morgan fingerprint density at radius 3 is 1.25 bits per heavy atom. The van der Waals surface area contributed by atoms with Crippen LogP contribution in [-0.2, 0) is 19.1 Å². The minimum Gasteiger partial charge on any atom is -0.465 e. The van der Waals surface area contributed by atoms with Crippen molar-refractivity contribution in [2.45, 2.75) is 144 Å². The molecule has 0 aliphatic carbocycles. The topological polar surface area (TPSA) is 52.6 Å². The first-order valence-corrected chi connectivity index (χ1v) is 13.5. The smallest absolute Gasteiger partial charge is 0.322 e. The van der Waals surface area contributed by atoms with Crippen molar-refractivity contribution in [1.82, 2.24) is 0 Å². The van der Waals surface area contributed by atoms with Gasteiger partial charge in [-0.2, -0.15) is 0 Å². The van der Waals surface area contributed by atoms with Crippen LogP contribution in [0.4, 0.5) is 0 Å². The van der Waals surface area contributed by atoms with Crippen LogP contribution in [0.2, 0.25) is 0 Å². The van der Waals surface area contributed by atoms with Crippen LogP contribution in [0.5, 0.6) is 0 Å². The molecule has 0 radical (unpaired) electrons. The lowest BCUT2D eigenvalue weighted by Crippen LogP contribution is -2.38. The summed E-state index contributed by atoms with van der Waals surface area (Å²) in [6.07, 6.45) is 21.0. The summed E-state index contributed by atoms with van der Waals surface area (Å²) < 4.78 is 10.6. The summed E-state index contributed by atoms with van der Waals surface area (Å²) in [4.78, 5) is 24.5. The molecule has 0 aliphatic heterocycles. The molecule has 0 aliphatic rings. The van der Waals surface area contributed by atoms with Crippen molar-refractivity contribution in [3.05, 3.63) is 0 Å². The van der Waals surface area contributed by atoms with E-state index in [2.05, 4.69) is 6.92 Å². The molecule has 32 heavy (non-hydrogen) atoms. The van der Waals surface area contributed by atoms with Crippen LogP contribution in [-0.4, -0.2) is 25.2 Å². The van der Waals surface area contributed by atoms with Crippen molar-refractivity contribution >= 4 is 11.9 Å². The summed E-state index contributed by atoms with van der Waals surface area (Å²) >= 11 is 0. The number of carbonyl (C=O) groups excluding carboxylic acids is 2. The molecule has 0 amide bonds. The first-order chi connectivity index (χ1) is 15.1. The van der Waals surface area contributed by atoms with Crippen molar-refractivity contribution in [3.8, 4) is 0 Å². The molecule has 0 fully saturated rings. The molecule has 0 spiro atoms. The van der Waals surface area contributed by atoms with Gasteiger partial charge in [0.15, 0.2) is 5.41 Å². The zero-order chi connectivity index (χ0) is 24.3. The van der Waals surface area contributed by atoms with E-state index in [9.17, 15) is 9.59 Å². The standard InChI is InChI=1S/C28H54O4/c1-7-8-9-10-11-12-13-14-15-16-17-18-19-20-21-22-23-31-25(29)28(5,6)26(30)32-24-27(2,3)4/h7-24H2,1-6H3. The van der Waals surface area contributed by atoms with Crippen LogP contribution in [0.1, 0.15) is 144 Å². The van der Waals surface area contributed by atoms with E-state index in [4.69, 9.17) is 9.47 Å². The number of ether oxygens (including phenoxy) is 2. The minimum absolute atomic E-state index is 0.122. The molecule has 0 aromatic rings. The fourth-order valence-electron chi connectivity index (χ4n) is 3.54. The average Bonchev–Trinajstić information content (AvgIpc) is 2.73. The van der Waals surface area contributed by atoms with Gasteiger partial charge in [0, 0.05) is 0 Å². The maximum absolute atomic E-state index is 12.3. The maximum atomic E-state index is 12.3. The van der Waals surface area contributed by atoms with Gasteiger partial charge in [-0.1, -0.05) is 124 Å². The number of carbonyl (C=O) groups is 2. The summed E-state index contributed by atoms with van der Waals surface area (Å²) in [6, 6.07) is 0. The summed E-state index contributed by atoms with van der Waals surface area (Å²) in [5, 5.41) is 0. The predicted octanol–water partition coefficient (Wildman–Crippen LogP) is 8.41. The SMILES string of the molecule is CCCCCCCCCCCCCCCCCCOC(=O)C(C)(C)C(=O)OCC(C)(C)C. The highest BCUT2D eigenvalue weighted by molar-refractivity contribution is 5.99. The number of unbranched alkanes of at least 4 members (excludes halogenated alkanes) is 15. The molecule has 0 saturated heterocycles. The third-order valence-electron chi connectivity index (χ3n) is 5.89. The quantitative estimate of drug-likeness (QED) is 0.105. The Hall–Kier alpha value is -1.06. The molecule has 0 aromatic carbocycles. The van der Waals surface area contributed by atoms with Gasteiger partial charge < -0.3 is 9.47 Å². The summed E-state index contributed by atoms with van der Waals surface area (Å²) in [7, 11) is 0. The molecule has 0 heterocycles. The zero-order valence-corrected chi connectivity index (χ0v) is 22.4. The summed E-state index contributed by atoms with van der Waals surface area (Å²) in [5.41, 5.74) is -1.37. The lowest BCUT2D eigenvalue weighted by Gasteiger charge is -2.24. The number of hydrogen-bond donors (Lipinski definition) is 0. The largest absolute Gasteiger partial charge is 0.465 e. The van der Waals surface area contributed by atoms with Gasteiger partial charge in [-0.3, -0.25) is 9.59 Å². The van der Waals surface area contributed by atoms with E-state index in [1.165, 1.54) is 89.9 Å². The van der Waals surface area contributed by atoms with E-state index < -0.39 is 17.4 Å². The zero-order valence-electron chi connectivity index (χ0n) is 22.4. The van der Waals surface area contributed by atoms with Crippen molar-refractivity contribution in [2.75, 3.05) is 13.2 Å². The van der Waals surface area contributed by atoms with Crippen LogP contribution in [0.25, 0.3) is 0 Å². The van der Waals surface area contributed by atoms with Gasteiger partial charge in [0.1, 0.15) is 0 Å². The predicted molar refractivity (Wildman–Crippen MR) is 135 cm³/mol. The third kappa shape index (κ3) is 17.5. The van der Waals surface area contributed by atoms with Crippen LogP contribution in [0.3, 0.4) is 0 Å². The van der Waals surface area contributed by atoms with Gasteiger partial charge in [0.2, 0.25) is 0 Å². The second-order valence-electron chi connectivity index (χ2n) is 11.2. The fourth-order valence-corrected chi connectivity index (χ4v) is 3.54. The maximum Gasteiger partial charge on any atom is 0.322 e. The Labute approximate surface area is 199 Å². The van der Waals surface area contributed by atoms with E-state index in [1.54, 1.807) is 13.8 Å². The van der Waals surface area contributed by atoms with Crippen molar-refractivity contribution < 1.29 is 19.1 Å².